The fourth-order valence-corrected chi connectivity index (χ4v) is 1.61. The van der Waals surface area contributed by atoms with Crippen LogP contribution in [0.2, 0.25) is 0 Å². The van der Waals surface area contributed by atoms with Crippen molar-refractivity contribution in [1.82, 2.24) is 10.1 Å². The molecule has 2 rings (SSSR count). The molecule has 0 fully saturated rings. The van der Waals surface area contributed by atoms with Crippen LogP contribution >= 0.6 is 0 Å². The van der Waals surface area contributed by atoms with Crippen LogP contribution in [-0.2, 0) is 0 Å². The fraction of sp³-hybridized carbons (Fsp3) is 0.125. The van der Waals surface area contributed by atoms with E-state index in [0.29, 0.717) is 11.7 Å². The van der Waals surface area contributed by atoms with E-state index in [1.54, 1.807) is 0 Å². The van der Waals surface area contributed by atoms with Gasteiger partial charge >= 0.3 is 0 Å². The Morgan fingerprint density at radius 3 is 2.58 bits per heavy atom. The summed E-state index contributed by atoms with van der Waals surface area (Å²) in [6, 6.07) is 9.78. The minimum Gasteiger partial charge on any atom is -0.334 e. The highest BCUT2D eigenvalue weighted by Crippen LogP contribution is 2.19. The molecule has 0 spiro atoms. The molecular weight excluding hydrogens is 236 g/mol. The number of rotatable bonds is 4. The molecule has 0 atom stereocenters. The van der Waals surface area contributed by atoms with Crippen LogP contribution in [0.5, 0.6) is 0 Å². The lowest BCUT2D eigenvalue weighted by Gasteiger charge is -1.92. The Bertz CT molecular complexity index is 607. The summed E-state index contributed by atoms with van der Waals surface area (Å²) < 4.78 is 5.30. The van der Waals surface area contributed by atoms with Gasteiger partial charge in [-0.05, 0) is 19.9 Å². The number of benzene rings is 1. The second kappa shape index (κ2) is 6.50. The summed E-state index contributed by atoms with van der Waals surface area (Å²) in [5.74, 6) is 1.14. The van der Waals surface area contributed by atoms with Crippen LogP contribution in [0.15, 0.2) is 65.2 Å². The molecule has 0 aliphatic heterocycles. The molecule has 1 aromatic heterocycles. The first kappa shape index (κ1) is 13.0. The highest BCUT2D eigenvalue weighted by Gasteiger charge is 2.09. The van der Waals surface area contributed by atoms with Crippen molar-refractivity contribution in [1.29, 1.82) is 0 Å². The molecule has 2 aromatic rings. The van der Waals surface area contributed by atoms with E-state index in [4.69, 9.17) is 4.52 Å². The van der Waals surface area contributed by atoms with Crippen molar-refractivity contribution in [2.45, 2.75) is 13.8 Å². The van der Waals surface area contributed by atoms with E-state index in [2.05, 4.69) is 10.1 Å². The van der Waals surface area contributed by atoms with Gasteiger partial charge in [0.2, 0.25) is 5.82 Å². The van der Waals surface area contributed by atoms with Crippen LogP contribution in [0.3, 0.4) is 0 Å². The van der Waals surface area contributed by atoms with Gasteiger partial charge in [-0.1, -0.05) is 59.8 Å². The van der Waals surface area contributed by atoms with Gasteiger partial charge < -0.3 is 4.52 Å². The summed E-state index contributed by atoms with van der Waals surface area (Å²) >= 11 is 0. The molecule has 3 nitrogen and oxygen atoms in total. The molecule has 0 radical (unpaired) electrons. The number of aromatic nitrogens is 2. The van der Waals surface area contributed by atoms with Crippen molar-refractivity contribution in [2.24, 2.45) is 0 Å². The van der Waals surface area contributed by atoms with Gasteiger partial charge in [-0.2, -0.15) is 4.98 Å². The first-order chi connectivity index (χ1) is 9.35. The number of hydrogen-bond donors (Lipinski definition) is 0. The minimum atomic E-state index is 0.530. The molecule has 1 heterocycles. The van der Waals surface area contributed by atoms with Crippen molar-refractivity contribution < 1.29 is 4.52 Å². The summed E-state index contributed by atoms with van der Waals surface area (Å²) in [4.78, 5) is 4.41. The lowest BCUT2D eigenvalue weighted by Crippen LogP contribution is -1.82. The number of hydrogen-bond acceptors (Lipinski definition) is 3. The second-order valence-corrected chi connectivity index (χ2v) is 3.92. The third-order valence-electron chi connectivity index (χ3n) is 2.60. The summed E-state index contributed by atoms with van der Waals surface area (Å²) in [6.45, 7) is 3.92. The molecule has 3 heteroatoms. The van der Waals surface area contributed by atoms with Crippen molar-refractivity contribution >= 4 is 5.57 Å². The van der Waals surface area contributed by atoms with Crippen LogP contribution in [0.4, 0.5) is 0 Å². The summed E-state index contributed by atoms with van der Waals surface area (Å²) in [5, 5.41) is 4.00. The van der Waals surface area contributed by atoms with Crippen LogP contribution in [0.1, 0.15) is 19.7 Å². The van der Waals surface area contributed by atoms with E-state index >= 15 is 0 Å². The van der Waals surface area contributed by atoms with E-state index < -0.39 is 0 Å². The molecule has 19 heavy (non-hydrogen) atoms. The second-order valence-electron chi connectivity index (χ2n) is 3.92. The van der Waals surface area contributed by atoms with Gasteiger partial charge in [-0.25, -0.2) is 0 Å². The molecule has 96 valence electrons. The Balaban J connectivity index is 2.25. The zero-order chi connectivity index (χ0) is 13.5. The van der Waals surface area contributed by atoms with E-state index in [1.165, 1.54) is 0 Å². The highest BCUT2D eigenvalue weighted by atomic mass is 16.5. The Labute approximate surface area is 113 Å². The average Bonchev–Trinajstić information content (AvgIpc) is 2.94. The van der Waals surface area contributed by atoms with Crippen LogP contribution < -0.4 is 0 Å². The third-order valence-corrected chi connectivity index (χ3v) is 2.60. The number of nitrogens with zero attached hydrogens (tertiary/aromatic N) is 2. The first-order valence-corrected chi connectivity index (χ1v) is 6.20. The monoisotopic (exact) mass is 252 g/mol. The van der Waals surface area contributed by atoms with E-state index in [-0.39, 0.29) is 0 Å². The fourth-order valence-electron chi connectivity index (χ4n) is 1.61. The van der Waals surface area contributed by atoms with Gasteiger partial charge in [0.15, 0.2) is 0 Å². The van der Waals surface area contributed by atoms with Gasteiger partial charge in [-0.3, -0.25) is 0 Å². The van der Waals surface area contributed by atoms with Crippen LogP contribution in [-0.4, -0.2) is 10.1 Å². The molecule has 0 amide bonds. The predicted molar refractivity (Wildman–Crippen MR) is 77.3 cm³/mol. The maximum Gasteiger partial charge on any atom is 0.257 e. The van der Waals surface area contributed by atoms with Crippen molar-refractivity contribution in [3.05, 3.63) is 66.6 Å². The summed E-state index contributed by atoms with van der Waals surface area (Å²) in [7, 11) is 0. The van der Waals surface area contributed by atoms with Crippen LogP contribution in [0, 0.1) is 0 Å². The van der Waals surface area contributed by atoms with Gasteiger partial charge in [0.05, 0.1) is 0 Å². The topological polar surface area (TPSA) is 38.9 Å². The van der Waals surface area contributed by atoms with E-state index in [0.717, 1.165) is 11.1 Å². The smallest absolute Gasteiger partial charge is 0.257 e. The SMILES string of the molecule is C\C=C/C=C\C(=C/C)c1nc(-c2ccccc2)no1. The molecule has 0 aliphatic rings. The molecule has 0 saturated heterocycles. The lowest BCUT2D eigenvalue weighted by atomic mass is 10.2. The Morgan fingerprint density at radius 2 is 1.89 bits per heavy atom. The van der Waals surface area contributed by atoms with Gasteiger partial charge in [0, 0.05) is 11.1 Å². The third kappa shape index (κ3) is 3.28. The molecule has 0 aliphatic carbocycles. The average molecular weight is 252 g/mol. The molecule has 0 bridgehead atoms. The zero-order valence-corrected chi connectivity index (χ0v) is 11.1. The molecule has 1 aromatic carbocycles. The lowest BCUT2D eigenvalue weighted by molar-refractivity contribution is 0.409. The van der Waals surface area contributed by atoms with Crippen molar-refractivity contribution in [3.63, 3.8) is 0 Å². The van der Waals surface area contributed by atoms with Crippen molar-refractivity contribution in [2.75, 3.05) is 0 Å². The summed E-state index contributed by atoms with van der Waals surface area (Å²) in [5.41, 5.74) is 1.86. The number of allylic oxidation sites excluding steroid dienone is 6. The van der Waals surface area contributed by atoms with Crippen LogP contribution in [0.25, 0.3) is 17.0 Å². The Kier molecular flexibility index (Phi) is 4.45. The summed E-state index contributed by atoms with van der Waals surface area (Å²) in [6.07, 6.45) is 9.76. The first-order valence-electron chi connectivity index (χ1n) is 6.20. The largest absolute Gasteiger partial charge is 0.334 e. The zero-order valence-electron chi connectivity index (χ0n) is 11.1. The highest BCUT2D eigenvalue weighted by molar-refractivity contribution is 5.69. The van der Waals surface area contributed by atoms with E-state index in [1.807, 2.05) is 74.6 Å². The molecule has 0 N–H and O–H groups in total. The molecular formula is C16H16N2O. The quantitative estimate of drug-likeness (QED) is 0.763. The Morgan fingerprint density at radius 1 is 1.11 bits per heavy atom. The van der Waals surface area contributed by atoms with Gasteiger partial charge in [-0.15, -0.1) is 0 Å². The predicted octanol–water partition coefficient (Wildman–Crippen LogP) is 4.27. The van der Waals surface area contributed by atoms with Gasteiger partial charge in [0.1, 0.15) is 0 Å². The van der Waals surface area contributed by atoms with Crippen molar-refractivity contribution in [3.8, 4) is 11.4 Å². The molecule has 0 unspecified atom stereocenters. The minimum absolute atomic E-state index is 0.530. The standard InChI is InChI=1S/C16H16N2O/c1-3-5-7-10-13(4-2)16-17-15(18-19-16)14-11-8-6-9-12-14/h3-12H,1-2H3/b5-3-,10-7-,13-4+. The van der Waals surface area contributed by atoms with Gasteiger partial charge in [0.25, 0.3) is 5.89 Å². The Hall–Kier alpha value is -2.42. The normalized spacial score (nSPS) is 12.6. The molecule has 0 saturated carbocycles. The van der Waals surface area contributed by atoms with E-state index in [9.17, 15) is 0 Å². The maximum absolute atomic E-state index is 5.30. The maximum atomic E-state index is 5.30.